The van der Waals surface area contributed by atoms with E-state index in [0.717, 1.165) is 11.4 Å². The van der Waals surface area contributed by atoms with E-state index in [2.05, 4.69) is 0 Å². The highest BCUT2D eigenvalue weighted by atomic mass is 36.1. The van der Waals surface area contributed by atoms with Gasteiger partial charge in [-0.3, -0.25) is 4.90 Å². The maximum atomic E-state index is 6.36. The summed E-state index contributed by atoms with van der Waals surface area (Å²) in [6, 6.07) is 19.4. The van der Waals surface area contributed by atoms with Gasteiger partial charge >= 0.3 is 5.32 Å². The highest BCUT2D eigenvalue weighted by molar-refractivity contribution is 8.34. The molecule has 0 spiro atoms. The maximum absolute atomic E-state index is 6.36. The molecule has 0 amide bonds. The van der Waals surface area contributed by atoms with Crippen LogP contribution in [0.15, 0.2) is 71.6 Å². The number of halogens is 4. The van der Waals surface area contributed by atoms with Crippen molar-refractivity contribution in [1.29, 1.82) is 0 Å². The average Bonchev–Trinajstić information content (AvgIpc) is 2.39. The molecule has 0 atom stereocenters. The lowest BCUT2D eigenvalue weighted by Crippen LogP contribution is -2.12. The van der Waals surface area contributed by atoms with Gasteiger partial charge in [-0.2, -0.15) is 0 Å². The van der Waals surface area contributed by atoms with E-state index in [-0.39, 0.29) is 0 Å². The molecule has 0 saturated heterocycles. The number of benzene rings is 2. The Morgan fingerprint density at radius 2 is 1.20 bits per heavy atom. The van der Waals surface area contributed by atoms with E-state index in [1.165, 1.54) is 5.82 Å². The van der Waals surface area contributed by atoms with Gasteiger partial charge in [0.05, 0.1) is 0 Å². The molecule has 0 aromatic heterocycles. The standard InChI is InChI=1S/C14H11Cl4NP/c15-14(11-20(16,17)18)19(12-7-3-1-4-8-12)13-9-5-2-6-10-13/h1-11H/q+1/b14-11-. The molecule has 1 nitrogen and oxygen atoms in total. The van der Waals surface area contributed by atoms with Crippen molar-refractivity contribution in [3.8, 4) is 0 Å². The zero-order valence-electron chi connectivity index (χ0n) is 10.3. The number of para-hydroxylation sites is 2. The predicted molar refractivity (Wildman–Crippen MR) is 93.4 cm³/mol. The zero-order chi connectivity index (χ0) is 14.6. The molecule has 0 radical (unpaired) electrons. The van der Waals surface area contributed by atoms with Crippen LogP contribution in [0.3, 0.4) is 0 Å². The minimum absolute atomic E-state index is 0.371. The van der Waals surface area contributed by atoms with Crippen LogP contribution >= 0.6 is 50.6 Å². The smallest absolute Gasteiger partial charge is 0.298 e. The predicted octanol–water partition coefficient (Wildman–Crippen LogP) is 7.34. The molecular weight excluding hydrogens is 355 g/mol. The Balaban J connectivity index is 2.49. The van der Waals surface area contributed by atoms with E-state index < -0.39 is 5.32 Å². The third-order valence-corrected chi connectivity index (χ3v) is 4.34. The summed E-state index contributed by atoms with van der Waals surface area (Å²) in [6.07, 6.45) is 0. The van der Waals surface area contributed by atoms with Gasteiger partial charge < -0.3 is 0 Å². The van der Waals surface area contributed by atoms with Gasteiger partial charge in [-0.1, -0.05) is 48.0 Å². The Morgan fingerprint density at radius 3 is 1.55 bits per heavy atom. The summed E-state index contributed by atoms with van der Waals surface area (Å²) in [7, 11) is 0. The van der Waals surface area contributed by atoms with Crippen LogP contribution in [0, 0.1) is 0 Å². The summed E-state index contributed by atoms with van der Waals surface area (Å²) in [6.45, 7) is 0. The lowest BCUT2D eigenvalue weighted by Gasteiger charge is -2.23. The van der Waals surface area contributed by atoms with Gasteiger partial charge in [-0.25, -0.2) is 0 Å². The van der Waals surface area contributed by atoms with Gasteiger partial charge in [0.25, 0.3) is 0 Å². The first-order valence-corrected chi connectivity index (χ1v) is 10.7. The van der Waals surface area contributed by atoms with Crippen LogP contribution in [0.5, 0.6) is 0 Å². The molecule has 104 valence electrons. The third kappa shape index (κ3) is 4.55. The summed E-state index contributed by atoms with van der Waals surface area (Å²) in [5, 5.41) is -2.31. The second-order valence-electron chi connectivity index (χ2n) is 3.94. The Hall–Kier alpha value is -0.430. The van der Waals surface area contributed by atoms with Gasteiger partial charge in [-0.05, 0) is 24.3 Å². The van der Waals surface area contributed by atoms with Crippen LogP contribution in [-0.2, 0) is 0 Å². The molecular formula is C14H11Cl4NP+. The van der Waals surface area contributed by atoms with Crippen molar-refractivity contribution < 1.29 is 0 Å². The Labute approximate surface area is 138 Å². The summed E-state index contributed by atoms with van der Waals surface area (Å²) < 4.78 is 0. The summed E-state index contributed by atoms with van der Waals surface area (Å²) in [4.78, 5) is 1.84. The molecule has 0 heterocycles. The van der Waals surface area contributed by atoms with Crippen molar-refractivity contribution in [2.24, 2.45) is 0 Å². The molecule has 0 saturated carbocycles. The number of hydrogen-bond donors (Lipinski definition) is 0. The molecule has 0 aliphatic rings. The fourth-order valence-electron chi connectivity index (χ4n) is 1.73. The van der Waals surface area contributed by atoms with E-state index in [9.17, 15) is 0 Å². The van der Waals surface area contributed by atoms with Crippen molar-refractivity contribution in [3.05, 3.63) is 71.6 Å². The lowest BCUT2D eigenvalue weighted by molar-refractivity contribution is 1.26. The molecule has 0 fully saturated rings. The first-order chi connectivity index (χ1) is 9.47. The molecule has 0 bridgehead atoms. The molecule has 0 aliphatic heterocycles. The van der Waals surface area contributed by atoms with E-state index >= 15 is 0 Å². The molecule has 0 N–H and O–H groups in total. The molecule has 20 heavy (non-hydrogen) atoms. The van der Waals surface area contributed by atoms with Crippen molar-refractivity contribution >= 4 is 62.0 Å². The van der Waals surface area contributed by atoms with Gasteiger partial charge in [0.1, 0.15) is 39.5 Å². The monoisotopic (exact) mass is 364 g/mol. The minimum Gasteiger partial charge on any atom is -0.298 e. The first kappa shape index (κ1) is 15.9. The van der Waals surface area contributed by atoms with Crippen molar-refractivity contribution in [1.82, 2.24) is 0 Å². The van der Waals surface area contributed by atoms with E-state index in [0.29, 0.717) is 5.16 Å². The second-order valence-corrected chi connectivity index (χ2v) is 11.9. The van der Waals surface area contributed by atoms with Crippen LogP contribution in [0.4, 0.5) is 11.4 Å². The SMILES string of the molecule is Cl/C(=C/[P+](Cl)(Cl)Cl)N(c1ccccc1)c1ccccc1. The largest absolute Gasteiger partial charge is 0.335 e. The number of anilines is 2. The fourth-order valence-corrected chi connectivity index (χ4v) is 4.00. The summed E-state index contributed by atoms with van der Waals surface area (Å²) in [5.41, 5.74) is 1.80. The Bertz CT molecular complexity index is 542. The minimum atomic E-state index is -2.69. The van der Waals surface area contributed by atoms with E-state index in [1.807, 2.05) is 65.6 Å². The van der Waals surface area contributed by atoms with Crippen LogP contribution in [-0.4, -0.2) is 0 Å². The van der Waals surface area contributed by atoms with E-state index in [4.69, 9.17) is 45.3 Å². The van der Waals surface area contributed by atoms with Crippen LogP contribution in [0.25, 0.3) is 0 Å². The van der Waals surface area contributed by atoms with Crippen molar-refractivity contribution in [2.75, 3.05) is 4.90 Å². The normalized spacial score (nSPS) is 12.3. The number of nitrogens with zero attached hydrogens (tertiary/aromatic N) is 1. The number of hydrogen-bond acceptors (Lipinski definition) is 1. The van der Waals surface area contributed by atoms with Crippen molar-refractivity contribution in [3.63, 3.8) is 0 Å². The second kappa shape index (κ2) is 7.02. The zero-order valence-corrected chi connectivity index (χ0v) is 14.2. The topological polar surface area (TPSA) is 3.24 Å². The molecule has 0 aliphatic carbocycles. The highest BCUT2D eigenvalue weighted by Crippen LogP contribution is 2.76. The molecule has 2 aromatic rings. The highest BCUT2D eigenvalue weighted by Gasteiger charge is 2.32. The summed E-state index contributed by atoms with van der Waals surface area (Å²) >= 11 is 24.1. The van der Waals surface area contributed by atoms with Crippen LogP contribution in [0.1, 0.15) is 0 Å². The van der Waals surface area contributed by atoms with Gasteiger partial charge in [-0.15, -0.1) is 0 Å². The molecule has 2 aromatic carbocycles. The third-order valence-electron chi connectivity index (χ3n) is 2.50. The lowest BCUT2D eigenvalue weighted by atomic mass is 10.2. The van der Waals surface area contributed by atoms with Gasteiger partial charge in [0.2, 0.25) is 0 Å². The van der Waals surface area contributed by atoms with Crippen LogP contribution in [0.2, 0.25) is 0 Å². The molecule has 6 heteroatoms. The van der Waals surface area contributed by atoms with E-state index in [1.54, 1.807) is 0 Å². The van der Waals surface area contributed by atoms with Crippen LogP contribution < -0.4 is 4.90 Å². The summed E-state index contributed by atoms with van der Waals surface area (Å²) in [5.74, 6) is 1.49. The molecule has 0 unspecified atom stereocenters. The molecule has 2 rings (SSSR count). The Kier molecular flexibility index (Phi) is 5.60. The van der Waals surface area contributed by atoms with Gasteiger partial charge in [0.15, 0.2) is 5.16 Å². The maximum Gasteiger partial charge on any atom is 0.335 e. The quantitative estimate of drug-likeness (QED) is 0.404. The van der Waals surface area contributed by atoms with Crippen molar-refractivity contribution in [2.45, 2.75) is 0 Å². The number of rotatable bonds is 4. The van der Waals surface area contributed by atoms with Gasteiger partial charge in [0, 0.05) is 11.4 Å². The fraction of sp³-hybridized carbons (Fsp3) is 0. The Morgan fingerprint density at radius 1 is 0.800 bits per heavy atom. The first-order valence-electron chi connectivity index (χ1n) is 5.74. The average molecular weight is 366 g/mol.